The molecule has 406 valence electrons. The predicted octanol–water partition coefficient (Wildman–Crippen LogP) is 5.64. The van der Waals surface area contributed by atoms with Crippen molar-refractivity contribution in [3.8, 4) is 11.1 Å². The van der Waals surface area contributed by atoms with E-state index < -0.39 is 11.7 Å². The SMILES string of the molecule is CC(C)(C)OC=O.CCCOCCOCCC(=O)N(C)CCN(CCN(C)C(=O)CCOCCOCCOCCC(=O)OC(C)(C)C)C(=O)CCOCCNC(=O)OCC1c2ccccc2-c2ccccc21. The predicted molar refractivity (Wildman–Crippen MR) is 271 cm³/mol. The zero-order valence-corrected chi connectivity index (χ0v) is 44.5. The molecule has 19 heteroatoms. The molecule has 1 aliphatic rings. The Labute approximate surface area is 427 Å². The van der Waals surface area contributed by atoms with Crippen LogP contribution in [-0.2, 0) is 66.6 Å². The first kappa shape index (κ1) is 62.9. The van der Waals surface area contributed by atoms with Gasteiger partial charge in [0, 0.05) is 59.3 Å². The quantitative estimate of drug-likeness (QED) is 0.0384. The second-order valence-corrected chi connectivity index (χ2v) is 18.9. The van der Waals surface area contributed by atoms with Crippen LogP contribution in [0.5, 0.6) is 0 Å². The summed E-state index contributed by atoms with van der Waals surface area (Å²) in [5, 5.41) is 2.72. The third kappa shape index (κ3) is 28.2. The minimum absolute atomic E-state index is 0.0438. The number of nitrogens with one attached hydrogen (secondary N) is 1. The van der Waals surface area contributed by atoms with Crippen molar-refractivity contribution in [2.24, 2.45) is 0 Å². The molecule has 72 heavy (non-hydrogen) atoms. The molecule has 4 amide bonds. The molecule has 2 aromatic carbocycles. The standard InChI is InChI=1S/C48H74N4O13.C5H10O2/c1-7-25-58-31-32-60-26-16-43(53)50(5)21-23-52(24-22-51(6)44(54)17-27-61-33-35-63-36-34-62-29-19-46(56)65-48(2,3)4)45(55)18-28-59-30-20-49-47(57)64-37-42-40-14-10-8-12-38(40)39-13-9-11-15-41(39)42;1-5(2,3)7-4-6/h8-15,42H,7,16-37H2,1-6H3,(H,49,57);4H,1-3H3. The Morgan fingerprint density at radius 2 is 0.986 bits per heavy atom. The fraction of sp³-hybridized carbons (Fsp3) is 0.660. The maximum absolute atomic E-state index is 13.5. The third-order valence-corrected chi connectivity index (χ3v) is 10.6. The summed E-state index contributed by atoms with van der Waals surface area (Å²) in [5.74, 6) is -0.799. The van der Waals surface area contributed by atoms with Crippen LogP contribution in [0.4, 0.5) is 4.79 Å². The van der Waals surface area contributed by atoms with Crippen molar-refractivity contribution in [2.75, 3.05) is 133 Å². The number of nitrogens with zero attached hydrogens (tertiary/aromatic N) is 3. The van der Waals surface area contributed by atoms with E-state index in [9.17, 15) is 28.8 Å². The summed E-state index contributed by atoms with van der Waals surface area (Å²) in [6.45, 7) is 18.8. The van der Waals surface area contributed by atoms with E-state index in [1.165, 1.54) is 0 Å². The molecule has 0 saturated heterocycles. The third-order valence-electron chi connectivity index (χ3n) is 10.6. The van der Waals surface area contributed by atoms with Gasteiger partial charge in [-0.25, -0.2) is 4.79 Å². The summed E-state index contributed by atoms with van der Waals surface area (Å²) < 4.78 is 48.5. The van der Waals surface area contributed by atoms with Crippen LogP contribution in [0.2, 0.25) is 0 Å². The molecule has 3 rings (SSSR count). The monoisotopic (exact) mass is 1020 g/mol. The molecule has 1 aliphatic carbocycles. The summed E-state index contributed by atoms with van der Waals surface area (Å²) in [4.78, 5) is 77.8. The van der Waals surface area contributed by atoms with E-state index >= 15 is 0 Å². The molecule has 0 spiro atoms. The number of esters is 1. The van der Waals surface area contributed by atoms with Gasteiger partial charge in [0.05, 0.1) is 98.4 Å². The van der Waals surface area contributed by atoms with Crippen molar-refractivity contribution in [2.45, 2.75) is 97.7 Å². The number of alkyl carbamates (subject to hydrolysis) is 1. The van der Waals surface area contributed by atoms with Crippen LogP contribution in [0.3, 0.4) is 0 Å². The smallest absolute Gasteiger partial charge is 0.407 e. The van der Waals surface area contributed by atoms with E-state index in [1.54, 1.807) is 28.8 Å². The second kappa shape index (κ2) is 35.9. The van der Waals surface area contributed by atoms with Gasteiger partial charge < -0.3 is 62.6 Å². The lowest BCUT2D eigenvalue weighted by Crippen LogP contribution is -2.44. The highest BCUT2D eigenvalue weighted by Crippen LogP contribution is 2.44. The van der Waals surface area contributed by atoms with Gasteiger partial charge >= 0.3 is 12.1 Å². The number of rotatable bonds is 35. The van der Waals surface area contributed by atoms with Crippen LogP contribution in [0.15, 0.2) is 48.5 Å². The summed E-state index contributed by atoms with van der Waals surface area (Å²) in [7, 11) is 3.36. The van der Waals surface area contributed by atoms with Crippen LogP contribution in [-0.4, -0.2) is 195 Å². The van der Waals surface area contributed by atoms with E-state index in [-0.39, 0.29) is 127 Å². The fourth-order valence-corrected chi connectivity index (χ4v) is 6.85. The van der Waals surface area contributed by atoms with Gasteiger partial charge in [-0.1, -0.05) is 55.5 Å². The molecule has 19 nitrogen and oxygen atoms in total. The van der Waals surface area contributed by atoms with Crippen molar-refractivity contribution in [1.29, 1.82) is 0 Å². The van der Waals surface area contributed by atoms with Crippen molar-refractivity contribution < 1.29 is 71.4 Å². The lowest BCUT2D eigenvalue weighted by Gasteiger charge is -2.28. The van der Waals surface area contributed by atoms with Gasteiger partial charge in [0.1, 0.15) is 17.8 Å². The number of likely N-dealkylation sites (N-methyl/N-ethyl adjacent to an activating group) is 2. The zero-order valence-electron chi connectivity index (χ0n) is 44.5. The number of benzene rings is 2. The average Bonchev–Trinajstić information content (AvgIpc) is 3.65. The molecular weight excluding hydrogens is 933 g/mol. The Morgan fingerprint density at radius 3 is 1.43 bits per heavy atom. The number of hydrogen-bond acceptors (Lipinski definition) is 15. The Hall–Kier alpha value is -5.18. The summed E-state index contributed by atoms with van der Waals surface area (Å²) in [6.07, 6.45) is 0.981. The van der Waals surface area contributed by atoms with Crippen LogP contribution in [0, 0.1) is 0 Å². The highest BCUT2D eigenvalue weighted by atomic mass is 16.6. The number of hydrogen-bond donors (Lipinski definition) is 1. The van der Waals surface area contributed by atoms with Crippen LogP contribution in [0.25, 0.3) is 11.1 Å². The second-order valence-electron chi connectivity index (χ2n) is 18.9. The van der Waals surface area contributed by atoms with Gasteiger partial charge in [0.2, 0.25) is 17.7 Å². The van der Waals surface area contributed by atoms with Gasteiger partial charge in [0.15, 0.2) is 0 Å². The molecule has 0 bridgehead atoms. The number of carbonyl (C=O) groups excluding carboxylic acids is 6. The van der Waals surface area contributed by atoms with Gasteiger partial charge in [-0.3, -0.25) is 24.0 Å². The van der Waals surface area contributed by atoms with Crippen LogP contribution in [0.1, 0.15) is 97.6 Å². The van der Waals surface area contributed by atoms with E-state index in [4.69, 9.17) is 37.9 Å². The zero-order chi connectivity index (χ0) is 53.2. The average molecular weight is 1020 g/mol. The molecule has 2 aromatic rings. The maximum atomic E-state index is 13.5. The molecule has 0 atom stereocenters. The molecule has 0 fully saturated rings. The van der Waals surface area contributed by atoms with Gasteiger partial charge in [-0.05, 0) is 70.2 Å². The molecule has 0 radical (unpaired) electrons. The lowest BCUT2D eigenvalue weighted by molar-refractivity contribution is -0.156. The molecule has 0 saturated carbocycles. The number of carbonyl (C=O) groups is 6. The number of ether oxygens (including phenoxy) is 9. The first-order valence-electron chi connectivity index (χ1n) is 25.0. The van der Waals surface area contributed by atoms with E-state index in [2.05, 4.69) is 34.3 Å². The molecule has 1 N–H and O–H groups in total. The van der Waals surface area contributed by atoms with Crippen LogP contribution >= 0.6 is 0 Å². The molecule has 0 aliphatic heterocycles. The van der Waals surface area contributed by atoms with Crippen molar-refractivity contribution >= 4 is 36.3 Å². The maximum Gasteiger partial charge on any atom is 0.407 e. The fourth-order valence-electron chi connectivity index (χ4n) is 6.85. The van der Waals surface area contributed by atoms with Gasteiger partial charge in [-0.15, -0.1) is 0 Å². The summed E-state index contributed by atoms with van der Waals surface area (Å²) in [6, 6.07) is 16.3. The van der Waals surface area contributed by atoms with Gasteiger partial charge in [-0.2, -0.15) is 0 Å². The molecular formula is C53H84N4O15. The minimum Gasteiger partial charge on any atom is -0.462 e. The molecule has 0 aromatic heterocycles. The largest absolute Gasteiger partial charge is 0.462 e. The topological polar surface area (TPSA) is 207 Å². The normalized spacial score (nSPS) is 11.9. The van der Waals surface area contributed by atoms with Crippen molar-refractivity contribution in [1.82, 2.24) is 20.0 Å². The van der Waals surface area contributed by atoms with Gasteiger partial charge in [0.25, 0.3) is 6.47 Å². The first-order valence-corrected chi connectivity index (χ1v) is 25.0. The van der Waals surface area contributed by atoms with Crippen molar-refractivity contribution in [3.63, 3.8) is 0 Å². The van der Waals surface area contributed by atoms with Crippen LogP contribution < -0.4 is 5.32 Å². The Bertz CT molecular complexity index is 1840. The highest BCUT2D eigenvalue weighted by molar-refractivity contribution is 5.80. The Balaban J connectivity index is 0.00000235. The lowest BCUT2D eigenvalue weighted by atomic mass is 9.98. The van der Waals surface area contributed by atoms with E-state index in [1.807, 2.05) is 72.7 Å². The van der Waals surface area contributed by atoms with Crippen molar-refractivity contribution in [3.05, 3.63) is 59.7 Å². The van der Waals surface area contributed by atoms with E-state index in [0.29, 0.717) is 59.3 Å². The minimum atomic E-state index is -0.546. The summed E-state index contributed by atoms with van der Waals surface area (Å²) >= 11 is 0. The molecule has 0 unspecified atom stereocenters. The summed E-state index contributed by atoms with van der Waals surface area (Å²) in [5.41, 5.74) is 3.72. The Morgan fingerprint density at radius 1 is 0.556 bits per heavy atom. The Kier molecular flexibility index (Phi) is 31.3. The first-order chi connectivity index (χ1) is 34.4. The highest BCUT2D eigenvalue weighted by Gasteiger charge is 2.29. The number of amides is 4. The van der Waals surface area contributed by atoms with E-state index in [0.717, 1.165) is 28.7 Å². The molecule has 0 heterocycles. The number of fused-ring (bicyclic) bond motifs is 3.